The van der Waals surface area contributed by atoms with Crippen molar-refractivity contribution >= 4 is 45.8 Å². The quantitative estimate of drug-likeness (QED) is 0.590. The molecule has 0 bridgehead atoms. The smallest absolute Gasteiger partial charge is 0.262 e. The number of carbonyl (C=O) groups is 2. The molecule has 166 valence electrons. The molecule has 8 heteroatoms. The maximum absolute atomic E-state index is 12.4. The van der Waals surface area contributed by atoms with E-state index in [0.717, 1.165) is 42.7 Å². The predicted octanol–water partition coefficient (Wildman–Crippen LogP) is 3.92. The van der Waals surface area contributed by atoms with Crippen molar-refractivity contribution in [1.82, 2.24) is 4.98 Å². The molecule has 1 aliphatic heterocycles. The molecule has 1 aliphatic rings. The summed E-state index contributed by atoms with van der Waals surface area (Å²) in [5, 5.41) is 4.30. The Balaban J connectivity index is 1.45. The minimum absolute atomic E-state index is 0.0764. The molecule has 2 heterocycles. The van der Waals surface area contributed by atoms with Gasteiger partial charge in [0.1, 0.15) is 17.1 Å². The Kier molecular flexibility index (Phi) is 6.46. The third kappa shape index (κ3) is 4.94. The molecule has 1 aromatic heterocycles. The first-order valence-corrected chi connectivity index (χ1v) is 10.9. The molecule has 3 aromatic rings. The fourth-order valence-electron chi connectivity index (χ4n) is 3.81. The number of hydrogen-bond donors (Lipinski definition) is 2. The molecular weight excluding hydrogens is 428 g/mol. The van der Waals surface area contributed by atoms with E-state index in [9.17, 15) is 9.59 Å². The highest BCUT2D eigenvalue weighted by molar-refractivity contribution is 6.31. The second-order valence-electron chi connectivity index (χ2n) is 7.96. The molecule has 0 radical (unpaired) electrons. The molecular formula is C24H25ClN4O3. The highest BCUT2D eigenvalue weighted by atomic mass is 35.5. The number of aryl methyl sites for hydroxylation is 1. The number of ether oxygens (including phenoxy) is 1. The Morgan fingerprint density at radius 3 is 2.69 bits per heavy atom. The minimum atomic E-state index is -0.286. The molecule has 7 nitrogen and oxygen atoms in total. The van der Waals surface area contributed by atoms with Crippen LogP contribution in [0, 0.1) is 12.8 Å². The van der Waals surface area contributed by atoms with Crippen LogP contribution in [0.15, 0.2) is 48.5 Å². The maximum Gasteiger partial charge on any atom is 0.262 e. The lowest BCUT2D eigenvalue weighted by atomic mass is 9.96. The summed E-state index contributed by atoms with van der Waals surface area (Å²) in [6.07, 6.45) is 1.44. The van der Waals surface area contributed by atoms with Crippen molar-refractivity contribution in [2.75, 3.05) is 29.9 Å². The van der Waals surface area contributed by atoms with Crippen LogP contribution in [0.3, 0.4) is 0 Å². The second-order valence-corrected chi connectivity index (χ2v) is 8.37. The van der Waals surface area contributed by atoms with Crippen LogP contribution in [-0.2, 0) is 9.59 Å². The van der Waals surface area contributed by atoms with Gasteiger partial charge in [-0.3, -0.25) is 9.59 Å². The number of aromatic nitrogens is 1. The van der Waals surface area contributed by atoms with Gasteiger partial charge in [0, 0.05) is 35.1 Å². The third-order valence-corrected chi connectivity index (χ3v) is 6.11. The molecule has 1 fully saturated rings. The first-order chi connectivity index (χ1) is 15.4. The van der Waals surface area contributed by atoms with Crippen molar-refractivity contribution in [3.63, 3.8) is 0 Å². The van der Waals surface area contributed by atoms with Gasteiger partial charge in [-0.05, 0) is 55.7 Å². The van der Waals surface area contributed by atoms with E-state index in [-0.39, 0.29) is 24.3 Å². The summed E-state index contributed by atoms with van der Waals surface area (Å²) in [5.41, 5.74) is 7.68. The molecule has 0 spiro atoms. The zero-order valence-corrected chi connectivity index (χ0v) is 18.6. The number of halogens is 1. The average Bonchev–Trinajstić information content (AvgIpc) is 2.80. The van der Waals surface area contributed by atoms with E-state index in [4.69, 9.17) is 27.1 Å². The van der Waals surface area contributed by atoms with E-state index >= 15 is 0 Å². The van der Waals surface area contributed by atoms with Gasteiger partial charge in [-0.1, -0.05) is 29.8 Å². The molecule has 0 unspecified atom stereocenters. The van der Waals surface area contributed by atoms with Crippen molar-refractivity contribution in [2.45, 2.75) is 19.8 Å². The molecule has 0 saturated carbocycles. The van der Waals surface area contributed by atoms with E-state index in [2.05, 4.69) is 10.2 Å². The van der Waals surface area contributed by atoms with Crippen molar-refractivity contribution in [1.29, 1.82) is 0 Å². The standard InChI is InChI=1S/C24H25ClN4O3/c1-15-5-7-18(13-19(15)25)27-22(30)14-32-20-4-2-3-16-6-8-21(28-23(16)20)29-11-9-17(10-12-29)24(26)31/h2-8,13,17H,9-12,14H2,1H3,(H2,26,31)(H,27,30). The van der Waals surface area contributed by atoms with Gasteiger partial charge in [0.2, 0.25) is 5.91 Å². The number of nitrogens with two attached hydrogens (primary N) is 1. The Morgan fingerprint density at radius 2 is 1.97 bits per heavy atom. The zero-order valence-electron chi connectivity index (χ0n) is 17.8. The van der Waals surface area contributed by atoms with Gasteiger partial charge in [0.15, 0.2) is 6.61 Å². The third-order valence-electron chi connectivity index (χ3n) is 5.70. The first kappa shape index (κ1) is 21.9. The number of piperidine rings is 1. The number of nitrogens with zero attached hydrogens (tertiary/aromatic N) is 2. The van der Waals surface area contributed by atoms with Gasteiger partial charge in [-0.2, -0.15) is 0 Å². The van der Waals surface area contributed by atoms with Crippen LogP contribution in [0.1, 0.15) is 18.4 Å². The summed E-state index contributed by atoms with van der Waals surface area (Å²) in [7, 11) is 0. The van der Waals surface area contributed by atoms with Crippen LogP contribution >= 0.6 is 11.6 Å². The van der Waals surface area contributed by atoms with E-state index < -0.39 is 0 Å². The fourth-order valence-corrected chi connectivity index (χ4v) is 3.99. The number of fused-ring (bicyclic) bond motifs is 1. The van der Waals surface area contributed by atoms with Gasteiger partial charge in [-0.15, -0.1) is 0 Å². The van der Waals surface area contributed by atoms with Crippen LogP contribution in [0.25, 0.3) is 10.9 Å². The molecule has 0 aliphatic carbocycles. The molecule has 32 heavy (non-hydrogen) atoms. The molecule has 4 rings (SSSR count). The second kappa shape index (κ2) is 9.44. The van der Waals surface area contributed by atoms with Gasteiger partial charge in [0.05, 0.1) is 0 Å². The van der Waals surface area contributed by atoms with Crippen molar-refractivity contribution in [3.05, 3.63) is 59.1 Å². The fraction of sp³-hybridized carbons (Fsp3) is 0.292. The molecule has 0 atom stereocenters. The Morgan fingerprint density at radius 1 is 1.19 bits per heavy atom. The monoisotopic (exact) mass is 452 g/mol. The van der Waals surface area contributed by atoms with Crippen molar-refractivity contribution in [2.24, 2.45) is 11.7 Å². The summed E-state index contributed by atoms with van der Waals surface area (Å²) in [5.74, 6) is 0.751. The summed E-state index contributed by atoms with van der Waals surface area (Å²) in [6, 6.07) is 14.9. The zero-order chi connectivity index (χ0) is 22.7. The van der Waals surface area contributed by atoms with Gasteiger partial charge >= 0.3 is 0 Å². The Hall–Kier alpha value is -3.32. The number of pyridine rings is 1. The SMILES string of the molecule is Cc1ccc(NC(=O)COc2cccc3ccc(N4CCC(C(N)=O)CC4)nc23)cc1Cl. The molecule has 1 saturated heterocycles. The Labute approximate surface area is 191 Å². The van der Waals surface area contributed by atoms with E-state index in [1.807, 2.05) is 37.3 Å². The topological polar surface area (TPSA) is 97.5 Å². The maximum atomic E-state index is 12.4. The number of para-hydroxylation sites is 1. The van der Waals surface area contributed by atoms with E-state index in [0.29, 0.717) is 22.0 Å². The largest absolute Gasteiger partial charge is 0.481 e. The number of nitrogens with one attached hydrogen (secondary N) is 1. The number of hydrogen-bond acceptors (Lipinski definition) is 5. The normalized spacial score (nSPS) is 14.4. The van der Waals surface area contributed by atoms with Crippen LogP contribution < -0.4 is 20.7 Å². The Bertz CT molecular complexity index is 1160. The lowest BCUT2D eigenvalue weighted by Crippen LogP contribution is -2.38. The number of carbonyl (C=O) groups excluding carboxylic acids is 2. The number of primary amides is 1. The summed E-state index contributed by atoms with van der Waals surface area (Å²) in [6.45, 7) is 3.19. The summed E-state index contributed by atoms with van der Waals surface area (Å²) >= 11 is 6.12. The lowest BCUT2D eigenvalue weighted by molar-refractivity contribution is -0.122. The van der Waals surface area contributed by atoms with Gasteiger partial charge < -0.3 is 20.7 Å². The van der Waals surface area contributed by atoms with Crippen molar-refractivity contribution in [3.8, 4) is 5.75 Å². The van der Waals surface area contributed by atoms with Crippen LogP contribution in [0.4, 0.5) is 11.5 Å². The molecule has 3 N–H and O–H groups in total. The minimum Gasteiger partial charge on any atom is -0.481 e. The number of benzene rings is 2. The molecule has 2 aromatic carbocycles. The number of anilines is 2. The van der Waals surface area contributed by atoms with E-state index in [1.165, 1.54) is 0 Å². The van der Waals surface area contributed by atoms with Crippen LogP contribution in [0.5, 0.6) is 5.75 Å². The van der Waals surface area contributed by atoms with Crippen LogP contribution in [-0.4, -0.2) is 36.5 Å². The molecule has 2 amide bonds. The van der Waals surface area contributed by atoms with Gasteiger partial charge in [-0.25, -0.2) is 4.98 Å². The first-order valence-electron chi connectivity index (χ1n) is 10.5. The number of rotatable bonds is 6. The van der Waals surface area contributed by atoms with Gasteiger partial charge in [0.25, 0.3) is 5.91 Å². The summed E-state index contributed by atoms with van der Waals surface area (Å²) in [4.78, 5) is 30.7. The number of amides is 2. The lowest BCUT2D eigenvalue weighted by Gasteiger charge is -2.31. The predicted molar refractivity (Wildman–Crippen MR) is 126 cm³/mol. The average molecular weight is 453 g/mol. The highest BCUT2D eigenvalue weighted by Gasteiger charge is 2.24. The van der Waals surface area contributed by atoms with E-state index in [1.54, 1.807) is 18.2 Å². The summed E-state index contributed by atoms with van der Waals surface area (Å²) < 4.78 is 5.81. The van der Waals surface area contributed by atoms with Crippen molar-refractivity contribution < 1.29 is 14.3 Å². The van der Waals surface area contributed by atoms with Crippen LogP contribution in [0.2, 0.25) is 5.02 Å². The highest BCUT2D eigenvalue weighted by Crippen LogP contribution is 2.28.